The van der Waals surface area contributed by atoms with Gasteiger partial charge in [0.15, 0.2) is 22.8 Å². The van der Waals surface area contributed by atoms with Crippen molar-refractivity contribution in [2.75, 3.05) is 5.75 Å². The minimum Gasteiger partial charge on any atom is -0.461 e. The molecule has 2 aromatic rings. The topological polar surface area (TPSA) is 128 Å². The number of urea groups is 1. The molecule has 1 aliphatic rings. The number of nitrogens with one attached hydrogen (secondary N) is 2. The van der Waals surface area contributed by atoms with Crippen molar-refractivity contribution in [3.8, 4) is 11.6 Å². The summed E-state index contributed by atoms with van der Waals surface area (Å²) in [6.07, 6.45) is 2.28. The zero-order valence-corrected chi connectivity index (χ0v) is 16.3. The summed E-state index contributed by atoms with van der Waals surface area (Å²) in [4.78, 5) is 35.5. The van der Waals surface area contributed by atoms with E-state index in [9.17, 15) is 14.4 Å². The van der Waals surface area contributed by atoms with Crippen LogP contribution < -0.4 is 10.6 Å². The lowest BCUT2D eigenvalue weighted by atomic mass is 10.4. The molecule has 10 nitrogen and oxygen atoms in total. The molecular weight excluding hydrogens is 386 g/mol. The molecule has 0 unspecified atom stereocenters. The van der Waals surface area contributed by atoms with Gasteiger partial charge in [-0.2, -0.15) is 0 Å². The molecule has 2 N–H and O–H groups in total. The molecule has 0 saturated heterocycles. The van der Waals surface area contributed by atoms with Gasteiger partial charge in [-0.05, 0) is 38.8 Å². The molecule has 2 aromatic heterocycles. The summed E-state index contributed by atoms with van der Waals surface area (Å²) >= 11 is 1.14. The summed E-state index contributed by atoms with van der Waals surface area (Å²) in [5, 5.41) is 13.5. The third-order valence-corrected chi connectivity index (χ3v) is 4.86. The number of amides is 3. The summed E-state index contributed by atoms with van der Waals surface area (Å²) in [7, 11) is 0. The lowest BCUT2D eigenvalue weighted by molar-refractivity contribution is -0.151. The van der Waals surface area contributed by atoms with Crippen molar-refractivity contribution < 1.29 is 23.5 Å². The van der Waals surface area contributed by atoms with Crippen LogP contribution >= 0.6 is 11.8 Å². The summed E-state index contributed by atoms with van der Waals surface area (Å²) in [6.45, 7) is 3.93. The molecule has 1 fully saturated rings. The van der Waals surface area contributed by atoms with Crippen LogP contribution in [0.25, 0.3) is 11.6 Å². The molecule has 1 saturated carbocycles. The van der Waals surface area contributed by atoms with Crippen molar-refractivity contribution in [1.29, 1.82) is 0 Å². The molecule has 0 aromatic carbocycles. The van der Waals surface area contributed by atoms with Gasteiger partial charge >= 0.3 is 12.0 Å². The summed E-state index contributed by atoms with van der Waals surface area (Å²) in [6, 6.07) is 3.08. The molecule has 2 heterocycles. The summed E-state index contributed by atoms with van der Waals surface area (Å²) in [5.74, 6) is -0.174. The lowest BCUT2D eigenvalue weighted by Crippen LogP contribution is -2.45. The van der Waals surface area contributed by atoms with Gasteiger partial charge in [-0.25, -0.2) is 4.79 Å². The smallest absolute Gasteiger partial charge is 0.321 e. The van der Waals surface area contributed by atoms with Gasteiger partial charge in [0.05, 0.1) is 12.0 Å². The van der Waals surface area contributed by atoms with Crippen molar-refractivity contribution in [2.45, 2.75) is 50.5 Å². The van der Waals surface area contributed by atoms with E-state index in [0.29, 0.717) is 23.3 Å². The Morgan fingerprint density at radius 1 is 1.39 bits per heavy atom. The number of imide groups is 1. The number of carbonyl (C=O) groups is 3. The molecule has 0 aliphatic heterocycles. The molecule has 0 bridgehead atoms. The second-order valence-electron chi connectivity index (χ2n) is 6.19. The number of esters is 1. The van der Waals surface area contributed by atoms with E-state index < -0.39 is 24.0 Å². The number of hydrogen-bond donors (Lipinski definition) is 2. The van der Waals surface area contributed by atoms with Gasteiger partial charge in [0, 0.05) is 12.6 Å². The van der Waals surface area contributed by atoms with Crippen LogP contribution in [0.4, 0.5) is 4.79 Å². The van der Waals surface area contributed by atoms with Crippen molar-refractivity contribution >= 4 is 29.7 Å². The Kier molecular flexibility index (Phi) is 6.34. The fraction of sp³-hybridized carbons (Fsp3) is 0.471. The molecule has 0 radical (unpaired) electrons. The Hall–Kier alpha value is -2.82. The first-order valence-electron chi connectivity index (χ1n) is 8.88. The van der Waals surface area contributed by atoms with E-state index in [2.05, 4.69) is 20.8 Å². The van der Waals surface area contributed by atoms with Crippen LogP contribution in [0.15, 0.2) is 28.0 Å². The fourth-order valence-electron chi connectivity index (χ4n) is 2.34. The van der Waals surface area contributed by atoms with Crippen LogP contribution in [0.1, 0.15) is 26.7 Å². The van der Waals surface area contributed by atoms with E-state index in [1.54, 1.807) is 18.4 Å². The van der Waals surface area contributed by atoms with Gasteiger partial charge in [0.2, 0.25) is 0 Å². The van der Waals surface area contributed by atoms with E-state index in [-0.39, 0.29) is 11.8 Å². The molecule has 3 amide bonds. The zero-order valence-electron chi connectivity index (χ0n) is 15.5. The quantitative estimate of drug-likeness (QED) is 0.498. The normalized spacial score (nSPS) is 14.4. The lowest BCUT2D eigenvalue weighted by Gasteiger charge is -2.13. The SMILES string of the molecule is CCn1c(SCC(=O)O[C@H](C)C(=O)NC(=O)NC2CC2)nnc1-c1ccco1. The zero-order chi connectivity index (χ0) is 20.1. The molecule has 3 rings (SSSR count). The van der Waals surface area contributed by atoms with Crippen LogP contribution in [-0.2, 0) is 20.9 Å². The Bertz CT molecular complexity index is 846. The van der Waals surface area contributed by atoms with E-state index in [1.165, 1.54) is 6.92 Å². The molecule has 1 atom stereocenters. The van der Waals surface area contributed by atoms with Crippen LogP contribution in [-0.4, -0.2) is 50.6 Å². The minimum absolute atomic E-state index is 0.0534. The monoisotopic (exact) mass is 407 g/mol. The molecule has 11 heteroatoms. The number of ether oxygens (including phenoxy) is 1. The van der Waals surface area contributed by atoms with Crippen molar-refractivity contribution in [3.05, 3.63) is 18.4 Å². The highest BCUT2D eigenvalue weighted by molar-refractivity contribution is 7.99. The second-order valence-corrected chi connectivity index (χ2v) is 7.13. The summed E-state index contributed by atoms with van der Waals surface area (Å²) < 4.78 is 12.2. The van der Waals surface area contributed by atoms with E-state index in [4.69, 9.17) is 9.15 Å². The molecule has 1 aliphatic carbocycles. The fourth-order valence-corrected chi connectivity index (χ4v) is 3.12. The van der Waals surface area contributed by atoms with Gasteiger partial charge in [-0.15, -0.1) is 10.2 Å². The highest BCUT2D eigenvalue weighted by Crippen LogP contribution is 2.24. The average molecular weight is 407 g/mol. The standard InChI is InChI=1S/C17H21N5O5S/c1-3-22-14(12-5-4-8-26-12)20-21-17(22)28-9-13(23)27-10(2)15(24)19-16(25)18-11-6-7-11/h4-5,8,10-11H,3,6-7,9H2,1-2H3,(H2,18,19,24,25)/t10-/m1/s1. The van der Waals surface area contributed by atoms with Gasteiger partial charge in [-0.1, -0.05) is 11.8 Å². The number of nitrogens with zero attached hydrogens (tertiary/aromatic N) is 3. The largest absolute Gasteiger partial charge is 0.461 e. The highest BCUT2D eigenvalue weighted by atomic mass is 32.2. The first-order valence-corrected chi connectivity index (χ1v) is 9.87. The number of furan rings is 1. The Labute approximate surface area is 165 Å². The second kappa shape index (κ2) is 8.91. The van der Waals surface area contributed by atoms with Gasteiger partial charge in [0.25, 0.3) is 5.91 Å². The minimum atomic E-state index is -1.08. The number of hydrogen-bond acceptors (Lipinski definition) is 8. The van der Waals surface area contributed by atoms with Crippen LogP contribution in [0.2, 0.25) is 0 Å². The predicted molar refractivity (Wildman–Crippen MR) is 99.4 cm³/mol. The molecule has 28 heavy (non-hydrogen) atoms. The maximum atomic E-state index is 12.0. The molecular formula is C17H21N5O5S. The van der Waals surface area contributed by atoms with E-state index in [0.717, 1.165) is 24.6 Å². The predicted octanol–water partition coefficient (Wildman–Crippen LogP) is 1.57. The Morgan fingerprint density at radius 2 is 2.18 bits per heavy atom. The van der Waals surface area contributed by atoms with Crippen LogP contribution in [0.5, 0.6) is 0 Å². The van der Waals surface area contributed by atoms with E-state index >= 15 is 0 Å². The Balaban J connectivity index is 1.48. The molecule has 150 valence electrons. The third kappa shape index (κ3) is 5.12. The van der Waals surface area contributed by atoms with Gasteiger partial charge in [-0.3, -0.25) is 19.5 Å². The first kappa shape index (κ1) is 19.9. The number of carbonyl (C=O) groups excluding carboxylic acids is 3. The van der Waals surface area contributed by atoms with Gasteiger partial charge < -0.3 is 14.5 Å². The third-order valence-electron chi connectivity index (χ3n) is 3.92. The maximum Gasteiger partial charge on any atom is 0.321 e. The van der Waals surface area contributed by atoms with E-state index in [1.807, 2.05) is 11.5 Å². The van der Waals surface area contributed by atoms with Crippen molar-refractivity contribution in [3.63, 3.8) is 0 Å². The number of rotatable bonds is 8. The van der Waals surface area contributed by atoms with Crippen LogP contribution in [0, 0.1) is 0 Å². The first-order chi connectivity index (χ1) is 13.5. The average Bonchev–Trinajstić information content (AvgIpc) is 3.16. The Morgan fingerprint density at radius 3 is 2.82 bits per heavy atom. The van der Waals surface area contributed by atoms with Gasteiger partial charge in [0.1, 0.15) is 0 Å². The highest BCUT2D eigenvalue weighted by Gasteiger charge is 2.26. The number of thioether (sulfide) groups is 1. The van der Waals surface area contributed by atoms with Crippen molar-refractivity contribution in [2.24, 2.45) is 0 Å². The molecule has 0 spiro atoms. The maximum absolute atomic E-state index is 12.0. The van der Waals surface area contributed by atoms with Crippen LogP contribution in [0.3, 0.4) is 0 Å². The van der Waals surface area contributed by atoms with Crippen molar-refractivity contribution in [1.82, 2.24) is 25.4 Å². The number of aromatic nitrogens is 3. The summed E-state index contributed by atoms with van der Waals surface area (Å²) in [5.41, 5.74) is 0.